The minimum absolute atomic E-state index is 0.511. The highest BCUT2D eigenvalue weighted by molar-refractivity contribution is 5.89. The molecule has 1 aliphatic carbocycles. The Morgan fingerprint density at radius 1 is 1.05 bits per heavy atom. The van der Waals surface area contributed by atoms with E-state index in [0.717, 1.165) is 19.5 Å². The van der Waals surface area contributed by atoms with Gasteiger partial charge in [-0.3, -0.25) is 4.90 Å². The number of benzene rings is 2. The number of hydrogen-bond acceptors (Lipinski definition) is 1. The minimum Gasteiger partial charge on any atom is -0.361 e. The summed E-state index contributed by atoms with van der Waals surface area (Å²) in [6, 6.07) is 16.4. The Kier molecular flexibility index (Phi) is 2.53. The highest BCUT2D eigenvalue weighted by atomic mass is 15.2. The molecule has 0 fully saturated rings. The SMILES string of the molecule is CCN1Cc2ccccc2[C@H]2c3cccc4[nH]cc(c34)C[C@H]21. The smallest absolute Gasteiger partial charge is 0.0459 e. The van der Waals surface area contributed by atoms with Crippen molar-refractivity contribution >= 4 is 10.9 Å². The van der Waals surface area contributed by atoms with Crippen LogP contribution in [-0.4, -0.2) is 22.5 Å². The van der Waals surface area contributed by atoms with Gasteiger partial charge in [0.2, 0.25) is 0 Å². The van der Waals surface area contributed by atoms with Crippen LogP contribution in [0.1, 0.15) is 35.1 Å². The van der Waals surface area contributed by atoms with Crippen LogP contribution in [0, 0.1) is 0 Å². The molecule has 0 bridgehead atoms. The summed E-state index contributed by atoms with van der Waals surface area (Å²) >= 11 is 0. The molecule has 110 valence electrons. The van der Waals surface area contributed by atoms with Crippen molar-refractivity contribution in [3.63, 3.8) is 0 Å². The number of H-pyrrole nitrogens is 1. The number of fused-ring (bicyclic) bond motifs is 4. The van der Waals surface area contributed by atoms with Crippen LogP contribution in [-0.2, 0) is 13.0 Å². The van der Waals surface area contributed by atoms with Crippen molar-refractivity contribution in [2.45, 2.75) is 31.8 Å². The number of nitrogens with zero attached hydrogens (tertiary/aromatic N) is 1. The first-order chi connectivity index (χ1) is 10.9. The molecule has 0 saturated heterocycles. The first kappa shape index (κ1) is 12.5. The predicted molar refractivity (Wildman–Crippen MR) is 90.2 cm³/mol. The van der Waals surface area contributed by atoms with Crippen LogP contribution in [0.5, 0.6) is 0 Å². The third-order valence-electron chi connectivity index (χ3n) is 5.61. The maximum atomic E-state index is 3.47. The lowest BCUT2D eigenvalue weighted by molar-refractivity contribution is 0.161. The number of likely N-dealkylation sites (N-methyl/N-ethyl adjacent to an activating group) is 1. The van der Waals surface area contributed by atoms with Gasteiger partial charge < -0.3 is 4.98 Å². The average molecular weight is 288 g/mol. The van der Waals surface area contributed by atoms with Crippen LogP contribution in [0.3, 0.4) is 0 Å². The van der Waals surface area contributed by atoms with Gasteiger partial charge in [0.15, 0.2) is 0 Å². The second-order valence-corrected chi connectivity index (χ2v) is 6.59. The summed E-state index contributed by atoms with van der Waals surface area (Å²) in [7, 11) is 0. The quantitative estimate of drug-likeness (QED) is 0.715. The van der Waals surface area contributed by atoms with Crippen molar-refractivity contribution in [1.82, 2.24) is 9.88 Å². The first-order valence-corrected chi connectivity index (χ1v) is 8.27. The molecule has 1 aliphatic heterocycles. The van der Waals surface area contributed by atoms with E-state index >= 15 is 0 Å². The largest absolute Gasteiger partial charge is 0.361 e. The fourth-order valence-corrected chi connectivity index (χ4v) is 4.64. The van der Waals surface area contributed by atoms with Gasteiger partial charge in [-0.1, -0.05) is 43.3 Å². The van der Waals surface area contributed by atoms with Gasteiger partial charge in [0.05, 0.1) is 0 Å². The maximum absolute atomic E-state index is 3.47. The van der Waals surface area contributed by atoms with Crippen molar-refractivity contribution in [1.29, 1.82) is 0 Å². The van der Waals surface area contributed by atoms with Gasteiger partial charge in [-0.25, -0.2) is 0 Å². The minimum atomic E-state index is 0.511. The Hall–Kier alpha value is -2.06. The van der Waals surface area contributed by atoms with Crippen molar-refractivity contribution in [2.24, 2.45) is 0 Å². The van der Waals surface area contributed by atoms with E-state index in [1.165, 1.54) is 33.2 Å². The lowest BCUT2D eigenvalue weighted by atomic mass is 9.72. The molecule has 2 heteroatoms. The van der Waals surface area contributed by atoms with Gasteiger partial charge in [-0.05, 0) is 41.3 Å². The molecule has 0 unspecified atom stereocenters. The third kappa shape index (κ3) is 1.53. The molecule has 5 rings (SSSR count). The molecule has 1 aromatic heterocycles. The van der Waals surface area contributed by atoms with E-state index in [4.69, 9.17) is 0 Å². The van der Waals surface area contributed by atoms with E-state index in [2.05, 4.69) is 65.5 Å². The average Bonchev–Trinajstić information content (AvgIpc) is 2.98. The zero-order valence-corrected chi connectivity index (χ0v) is 12.8. The maximum Gasteiger partial charge on any atom is 0.0459 e. The zero-order chi connectivity index (χ0) is 14.7. The second kappa shape index (κ2) is 4.47. The number of hydrogen-bond donors (Lipinski definition) is 1. The Labute approximate surface area is 130 Å². The van der Waals surface area contributed by atoms with E-state index in [1.807, 2.05) is 0 Å². The highest BCUT2D eigenvalue weighted by Crippen LogP contribution is 2.46. The van der Waals surface area contributed by atoms with Gasteiger partial charge >= 0.3 is 0 Å². The third-order valence-corrected chi connectivity index (χ3v) is 5.61. The van der Waals surface area contributed by atoms with E-state index < -0.39 is 0 Å². The molecule has 0 amide bonds. The normalized spacial score (nSPS) is 23.3. The molecule has 3 aromatic rings. The molecule has 0 spiro atoms. The van der Waals surface area contributed by atoms with Crippen LogP contribution in [0.15, 0.2) is 48.7 Å². The number of aromatic amines is 1. The molecule has 22 heavy (non-hydrogen) atoms. The Morgan fingerprint density at radius 2 is 1.91 bits per heavy atom. The molecular weight excluding hydrogens is 268 g/mol. The molecule has 0 saturated carbocycles. The lowest BCUT2D eigenvalue weighted by Gasteiger charge is -2.44. The summed E-state index contributed by atoms with van der Waals surface area (Å²) in [4.78, 5) is 6.12. The van der Waals surface area contributed by atoms with Gasteiger partial charge in [-0.2, -0.15) is 0 Å². The van der Waals surface area contributed by atoms with Crippen molar-refractivity contribution < 1.29 is 0 Å². The molecule has 2 aliphatic rings. The van der Waals surface area contributed by atoms with E-state index in [0.29, 0.717) is 12.0 Å². The van der Waals surface area contributed by atoms with E-state index in [1.54, 1.807) is 0 Å². The highest BCUT2D eigenvalue weighted by Gasteiger charge is 2.39. The van der Waals surface area contributed by atoms with Crippen LogP contribution < -0.4 is 0 Å². The van der Waals surface area contributed by atoms with Gasteiger partial charge in [0.25, 0.3) is 0 Å². The van der Waals surface area contributed by atoms with Gasteiger partial charge in [0.1, 0.15) is 0 Å². The first-order valence-electron chi connectivity index (χ1n) is 8.27. The summed E-state index contributed by atoms with van der Waals surface area (Å²) < 4.78 is 0. The Balaban J connectivity index is 1.81. The predicted octanol–water partition coefficient (Wildman–Crippen LogP) is 4.06. The van der Waals surface area contributed by atoms with Crippen LogP contribution in [0.2, 0.25) is 0 Å². The molecule has 2 atom stereocenters. The fourth-order valence-electron chi connectivity index (χ4n) is 4.64. The Morgan fingerprint density at radius 3 is 2.82 bits per heavy atom. The summed E-state index contributed by atoms with van der Waals surface area (Å²) in [5.41, 5.74) is 7.33. The van der Waals surface area contributed by atoms with Gasteiger partial charge in [-0.15, -0.1) is 0 Å². The topological polar surface area (TPSA) is 19.0 Å². The molecular formula is C20H20N2. The number of rotatable bonds is 1. The summed E-state index contributed by atoms with van der Waals surface area (Å²) in [5.74, 6) is 0.511. The van der Waals surface area contributed by atoms with Crippen LogP contribution >= 0.6 is 0 Å². The monoisotopic (exact) mass is 288 g/mol. The summed E-state index contributed by atoms with van der Waals surface area (Å²) in [5, 5.41) is 1.47. The fraction of sp³-hybridized carbons (Fsp3) is 0.300. The summed E-state index contributed by atoms with van der Waals surface area (Å²) in [6.07, 6.45) is 3.38. The van der Waals surface area contributed by atoms with E-state index in [-0.39, 0.29) is 0 Å². The summed E-state index contributed by atoms with van der Waals surface area (Å²) in [6.45, 7) is 4.49. The molecule has 1 N–H and O–H groups in total. The molecule has 2 nitrogen and oxygen atoms in total. The van der Waals surface area contributed by atoms with Crippen molar-refractivity contribution in [3.8, 4) is 0 Å². The standard InChI is InChI=1S/C20H20N2/c1-2-22-12-13-6-3-4-7-15(13)20-16-8-5-9-17-19(16)14(11-21-17)10-18(20)22/h3-9,11,18,20-21H,2,10,12H2,1H3/t18-,20+/m1/s1. The molecule has 0 radical (unpaired) electrons. The van der Waals surface area contributed by atoms with Crippen molar-refractivity contribution in [3.05, 3.63) is 70.9 Å². The van der Waals surface area contributed by atoms with Crippen LogP contribution in [0.4, 0.5) is 0 Å². The second-order valence-electron chi connectivity index (χ2n) is 6.59. The van der Waals surface area contributed by atoms with Gasteiger partial charge in [0, 0.05) is 35.6 Å². The van der Waals surface area contributed by atoms with Crippen molar-refractivity contribution in [2.75, 3.05) is 6.54 Å². The molecule has 2 heterocycles. The van der Waals surface area contributed by atoms with E-state index in [9.17, 15) is 0 Å². The number of aromatic nitrogens is 1. The van der Waals surface area contributed by atoms with Crippen LogP contribution in [0.25, 0.3) is 10.9 Å². The number of nitrogens with one attached hydrogen (secondary N) is 1. The molecule has 2 aromatic carbocycles. The zero-order valence-electron chi connectivity index (χ0n) is 12.8. The Bertz CT molecular complexity index is 861. The lowest BCUT2D eigenvalue weighted by Crippen LogP contribution is -2.46.